The van der Waals surface area contributed by atoms with Crippen molar-refractivity contribution >= 4 is 5.97 Å². The lowest BCUT2D eigenvalue weighted by Gasteiger charge is -2.35. The average Bonchev–Trinajstić information content (AvgIpc) is 2.25. The molecule has 0 bridgehead atoms. The van der Waals surface area contributed by atoms with Gasteiger partial charge in [0.05, 0.1) is 0 Å². The van der Waals surface area contributed by atoms with Crippen molar-refractivity contribution in [2.45, 2.75) is 38.6 Å². The van der Waals surface area contributed by atoms with Crippen LogP contribution in [-0.4, -0.2) is 46.8 Å². The monoisotopic (exact) mass is 215 g/mol. The Labute approximate surface area is 90.9 Å². The Bertz CT molecular complexity index is 208. The van der Waals surface area contributed by atoms with Crippen LogP contribution in [0, 0.1) is 5.92 Å². The second-order valence-corrected chi connectivity index (χ2v) is 4.33. The van der Waals surface area contributed by atoms with Crippen molar-refractivity contribution < 1.29 is 15.0 Å². The van der Waals surface area contributed by atoms with E-state index < -0.39 is 5.97 Å². The van der Waals surface area contributed by atoms with E-state index in [4.69, 9.17) is 10.2 Å². The fourth-order valence-corrected chi connectivity index (χ4v) is 2.27. The molecule has 88 valence electrons. The first kappa shape index (κ1) is 12.5. The minimum absolute atomic E-state index is 0.176. The number of hydrogen-bond donors (Lipinski definition) is 2. The van der Waals surface area contributed by atoms with Crippen LogP contribution in [0.3, 0.4) is 0 Å². The molecule has 0 aromatic rings. The molecule has 2 N–H and O–H groups in total. The fraction of sp³-hybridized carbons (Fsp3) is 0.909. The van der Waals surface area contributed by atoms with Gasteiger partial charge in [-0.25, -0.2) is 0 Å². The molecular formula is C11H21NO3. The van der Waals surface area contributed by atoms with E-state index in [-0.39, 0.29) is 18.6 Å². The van der Waals surface area contributed by atoms with Crippen molar-refractivity contribution in [3.8, 4) is 0 Å². The van der Waals surface area contributed by atoms with Crippen molar-refractivity contribution in [3.05, 3.63) is 0 Å². The molecule has 4 nitrogen and oxygen atoms in total. The number of rotatable bonds is 5. The van der Waals surface area contributed by atoms with Gasteiger partial charge < -0.3 is 10.2 Å². The zero-order valence-corrected chi connectivity index (χ0v) is 9.35. The number of aliphatic carboxylic acids is 1. The molecule has 1 saturated heterocycles. The third kappa shape index (κ3) is 3.47. The van der Waals surface area contributed by atoms with Gasteiger partial charge in [0.15, 0.2) is 0 Å². The lowest BCUT2D eigenvalue weighted by Crippen LogP contribution is -2.47. The van der Waals surface area contributed by atoms with E-state index in [0.29, 0.717) is 6.42 Å². The number of aliphatic hydroxyl groups is 1. The van der Waals surface area contributed by atoms with Crippen LogP contribution >= 0.6 is 0 Å². The van der Waals surface area contributed by atoms with Crippen LogP contribution < -0.4 is 0 Å². The molecule has 15 heavy (non-hydrogen) atoms. The van der Waals surface area contributed by atoms with Gasteiger partial charge in [-0.2, -0.15) is 0 Å². The van der Waals surface area contributed by atoms with Crippen molar-refractivity contribution in [2.75, 3.05) is 19.7 Å². The molecule has 2 unspecified atom stereocenters. The van der Waals surface area contributed by atoms with Crippen molar-refractivity contribution in [2.24, 2.45) is 5.92 Å². The summed E-state index contributed by atoms with van der Waals surface area (Å²) < 4.78 is 0. The van der Waals surface area contributed by atoms with E-state index in [1.807, 2.05) is 11.8 Å². The van der Waals surface area contributed by atoms with Crippen molar-refractivity contribution in [3.63, 3.8) is 0 Å². The summed E-state index contributed by atoms with van der Waals surface area (Å²) in [6.07, 6.45) is 3.61. The van der Waals surface area contributed by atoms with Gasteiger partial charge >= 0.3 is 5.97 Å². The lowest BCUT2D eigenvalue weighted by atomic mass is 9.96. The maximum atomic E-state index is 11.1. The molecule has 0 aromatic carbocycles. The standard InChI is InChI=1S/C11H21NO3/c1-2-4-10(11(14)15)12-6-3-5-9(7-12)8-13/h9-10,13H,2-8H2,1H3,(H,14,15). The Hall–Kier alpha value is -0.610. The van der Waals surface area contributed by atoms with E-state index in [1.54, 1.807) is 0 Å². The highest BCUT2D eigenvalue weighted by molar-refractivity contribution is 5.73. The highest BCUT2D eigenvalue weighted by atomic mass is 16.4. The molecular weight excluding hydrogens is 194 g/mol. The van der Waals surface area contributed by atoms with Crippen LogP contribution in [0.15, 0.2) is 0 Å². The molecule has 0 amide bonds. The number of carboxylic acids is 1. The third-order valence-electron chi connectivity index (χ3n) is 3.10. The summed E-state index contributed by atoms with van der Waals surface area (Å²) in [6, 6.07) is -0.357. The fourth-order valence-electron chi connectivity index (χ4n) is 2.27. The normalized spacial score (nSPS) is 25.1. The van der Waals surface area contributed by atoms with Gasteiger partial charge in [0.1, 0.15) is 6.04 Å². The average molecular weight is 215 g/mol. The van der Waals surface area contributed by atoms with Crippen molar-refractivity contribution in [1.29, 1.82) is 0 Å². The molecule has 1 aliphatic heterocycles. The predicted molar refractivity (Wildman–Crippen MR) is 57.7 cm³/mol. The molecule has 0 saturated carbocycles. The Morgan fingerprint density at radius 1 is 1.60 bits per heavy atom. The third-order valence-corrected chi connectivity index (χ3v) is 3.10. The summed E-state index contributed by atoms with van der Waals surface area (Å²) >= 11 is 0. The maximum absolute atomic E-state index is 11.1. The first-order valence-corrected chi connectivity index (χ1v) is 5.76. The molecule has 1 heterocycles. The summed E-state index contributed by atoms with van der Waals surface area (Å²) in [5, 5.41) is 18.2. The number of hydrogen-bond acceptors (Lipinski definition) is 3. The number of aliphatic hydroxyl groups excluding tert-OH is 1. The summed E-state index contributed by atoms with van der Waals surface area (Å²) in [4.78, 5) is 13.1. The first-order valence-electron chi connectivity index (χ1n) is 5.76. The molecule has 4 heteroatoms. The van der Waals surface area contributed by atoms with E-state index in [2.05, 4.69) is 0 Å². The molecule has 0 spiro atoms. The van der Waals surface area contributed by atoms with Crippen LogP contribution in [-0.2, 0) is 4.79 Å². The van der Waals surface area contributed by atoms with Gasteiger partial charge in [0.2, 0.25) is 0 Å². The minimum atomic E-state index is -0.726. The predicted octanol–water partition coefficient (Wildman–Crippen LogP) is 0.944. The molecule has 1 aliphatic rings. The first-order chi connectivity index (χ1) is 7.19. The zero-order valence-electron chi connectivity index (χ0n) is 9.35. The van der Waals surface area contributed by atoms with E-state index in [9.17, 15) is 4.79 Å². The Balaban J connectivity index is 2.54. The number of likely N-dealkylation sites (tertiary alicyclic amines) is 1. The second-order valence-electron chi connectivity index (χ2n) is 4.33. The van der Waals surface area contributed by atoms with Gasteiger partial charge in [0.25, 0.3) is 0 Å². The van der Waals surface area contributed by atoms with Crippen LogP contribution in [0.1, 0.15) is 32.6 Å². The van der Waals surface area contributed by atoms with Gasteiger partial charge in [-0.15, -0.1) is 0 Å². The van der Waals surface area contributed by atoms with Crippen LogP contribution in [0.2, 0.25) is 0 Å². The minimum Gasteiger partial charge on any atom is -0.480 e. The van der Waals surface area contributed by atoms with Gasteiger partial charge in [-0.3, -0.25) is 9.69 Å². The highest BCUT2D eigenvalue weighted by Crippen LogP contribution is 2.20. The van der Waals surface area contributed by atoms with Crippen LogP contribution in [0.4, 0.5) is 0 Å². The number of carbonyl (C=O) groups is 1. The second kappa shape index (κ2) is 6.08. The molecule has 1 rings (SSSR count). The lowest BCUT2D eigenvalue weighted by molar-refractivity contribution is -0.144. The SMILES string of the molecule is CCCC(C(=O)O)N1CCCC(CO)C1. The summed E-state index contributed by atoms with van der Waals surface area (Å²) in [5.41, 5.74) is 0. The summed E-state index contributed by atoms with van der Waals surface area (Å²) in [5.74, 6) is -0.465. The van der Waals surface area contributed by atoms with Gasteiger partial charge in [-0.05, 0) is 31.7 Å². The van der Waals surface area contributed by atoms with Gasteiger partial charge in [-0.1, -0.05) is 13.3 Å². The van der Waals surface area contributed by atoms with E-state index in [1.165, 1.54) is 0 Å². The Kier molecular flexibility index (Phi) is 5.05. The largest absolute Gasteiger partial charge is 0.480 e. The smallest absolute Gasteiger partial charge is 0.320 e. The van der Waals surface area contributed by atoms with E-state index >= 15 is 0 Å². The van der Waals surface area contributed by atoms with Crippen LogP contribution in [0.5, 0.6) is 0 Å². The van der Waals surface area contributed by atoms with Gasteiger partial charge in [0, 0.05) is 13.2 Å². The molecule has 2 atom stereocenters. The molecule has 0 aromatic heterocycles. The summed E-state index contributed by atoms with van der Waals surface area (Å²) in [7, 11) is 0. The maximum Gasteiger partial charge on any atom is 0.320 e. The van der Waals surface area contributed by atoms with E-state index in [0.717, 1.165) is 32.4 Å². The molecule has 0 aliphatic carbocycles. The quantitative estimate of drug-likeness (QED) is 0.716. The topological polar surface area (TPSA) is 60.8 Å². The highest BCUT2D eigenvalue weighted by Gasteiger charge is 2.29. The number of piperidine rings is 1. The molecule has 1 fully saturated rings. The van der Waals surface area contributed by atoms with Crippen molar-refractivity contribution in [1.82, 2.24) is 4.90 Å². The van der Waals surface area contributed by atoms with Crippen LogP contribution in [0.25, 0.3) is 0 Å². The number of nitrogens with zero attached hydrogens (tertiary/aromatic N) is 1. The summed E-state index contributed by atoms with van der Waals surface area (Å²) in [6.45, 7) is 3.76. The molecule has 0 radical (unpaired) electrons. The number of carboxylic acid groups (broad SMARTS) is 1. The Morgan fingerprint density at radius 3 is 2.87 bits per heavy atom. The zero-order chi connectivity index (χ0) is 11.3. The Morgan fingerprint density at radius 2 is 2.33 bits per heavy atom.